The number of fused-ring (bicyclic) bond motifs is 1. The van der Waals surface area contributed by atoms with Gasteiger partial charge in [0, 0.05) is 24.3 Å². The normalized spacial score (nSPS) is 10.9. The van der Waals surface area contributed by atoms with Crippen molar-refractivity contribution in [2.24, 2.45) is 0 Å². The quantitative estimate of drug-likeness (QED) is 0.714. The summed E-state index contributed by atoms with van der Waals surface area (Å²) in [7, 11) is 0. The maximum absolute atomic E-state index is 11.8. The van der Waals surface area contributed by atoms with Gasteiger partial charge in [-0.25, -0.2) is 0 Å². The van der Waals surface area contributed by atoms with Gasteiger partial charge in [0.25, 0.3) is 5.91 Å². The second kappa shape index (κ2) is 6.14. The molecule has 3 rings (SSSR count). The fourth-order valence-corrected chi connectivity index (χ4v) is 3.22. The maximum Gasteiger partial charge on any atom is 0.261 e. The molecule has 2 heterocycles. The van der Waals surface area contributed by atoms with Crippen LogP contribution in [0.3, 0.4) is 0 Å². The highest BCUT2D eigenvalue weighted by Crippen LogP contribution is 2.19. The monoisotopic (exact) mass is 298 g/mol. The van der Waals surface area contributed by atoms with Crippen LogP contribution in [0.25, 0.3) is 10.9 Å². The minimum absolute atomic E-state index is 0.0269. The number of aromatic nitrogens is 1. The van der Waals surface area contributed by atoms with E-state index in [4.69, 9.17) is 0 Å². The van der Waals surface area contributed by atoms with Gasteiger partial charge in [0.15, 0.2) is 0 Å². The molecule has 0 fully saturated rings. The summed E-state index contributed by atoms with van der Waals surface area (Å²) >= 11 is 1.47. The number of nitrogens with zero attached hydrogens (tertiary/aromatic N) is 1. The number of carbonyl (C=O) groups excluding carboxylic acids is 1. The lowest BCUT2D eigenvalue weighted by Gasteiger charge is -2.09. The number of para-hydroxylation sites is 1. The van der Waals surface area contributed by atoms with E-state index in [1.165, 1.54) is 27.9 Å². The number of nitrogens with one attached hydrogen (secondary N) is 1. The van der Waals surface area contributed by atoms with Gasteiger partial charge in [-0.05, 0) is 42.3 Å². The summed E-state index contributed by atoms with van der Waals surface area (Å²) in [5.74, 6) is 0.0269. The predicted octanol–water partition coefficient (Wildman–Crippen LogP) is 3.83. The van der Waals surface area contributed by atoms with Crippen molar-refractivity contribution in [3.05, 3.63) is 58.4 Å². The highest BCUT2D eigenvalue weighted by atomic mass is 32.1. The lowest BCUT2D eigenvalue weighted by atomic mass is 10.2. The highest BCUT2D eigenvalue weighted by Gasteiger charge is 2.06. The van der Waals surface area contributed by atoms with Crippen LogP contribution in [0.2, 0.25) is 0 Å². The van der Waals surface area contributed by atoms with E-state index in [0.717, 1.165) is 17.8 Å². The molecule has 0 aliphatic heterocycles. The minimum Gasteiger partial charge on any atom is -0.351 e. The predicted molar refractivity (Wildman–Crippen MR) is 87.9 cm³/mol. The zero-order valence-electron chi connectivity index (χ0n) is 12.0. The van der Waals surface area contributed by atoms with Crippen LogP contribution < -0.4 is 5.32 Å². The summed E-state index contributed by atoms with van der Waals surface area (Å²) in [6.07, 6.45) is 0.927. The zero-order chi connectivity index (χ0) is 14.7. The van der Waals surface area contributed by atoms with E-state index < -0.39 is 0 Å². The third-order valence-electron chi connectivity index (χ3n) is 3.61. The molecule has 0 bridgehead atoms. The number of benzene rings is 1. The standard InChI is InChI=1S/C17H18N2OS/c1-13-12-14-6-2-3-7-15(14)19(13)10-5-9-18-17(20)16-8-4-11-21-16/h2-4,6-8,11-12H,5,9-10H2,1H3,(H,18,20). The molecular weight excluding hydrogens is 280 g/mol. The Balaban J connectivity index is 1.57. The van der Waals surface area contributed by atoms with Crippen molar-refractivity contribution in [3.8, 4) is 0 Å². The average Bonchev–Trinajstić information content (AvgIpc) is 3.11. The Morgan fingerprint density at radius 1 is 1.24 bits per heavy atom. The third kappa shape index (κ3) is 3.00. The van der Waals surface area contributed by atoms with E-state index in [0.29, 0.717) is 6.54 Å². The van der Waals surface area contributed by atoms with E-state index in [1.54, 1.807) is 0 Å². The number of hydrogen-bond donors (Lipinski definition) is 1. The average molecular weight is 298 g/mol. The third-order valence-corrected chi connectivity index (χ3v) is 4.48. The Labute approximate surface area is 128 Å². The summed E-state index contributed by atoms with van der Waals surface area (Å²) in [4.78, 5) is 12.6. The number of carbonyl (C=O) groups is 1. The Morgan fingerprint density at radius 3 is 2.90 bits per heavy atom. The molecule has 1 amide bonds. The summed E-state index contributed by atoms with van der Waals surface area (Å²) in [5, 5.41) is 6.17. The first-order valence-corrected chi connectivity index (χ1v) is 8.00. The van der Waals surface area contributed by atoms with Crippen molar-refractivity contribution in [1.29, 1.82) is 0 Å². The van der Waals surface area contributed by atoms with Crippen molar-refractivity contribution in [2.45, 2.75) is 19.9 Å². The molecule has 3 nitrogen and oxygen atoms in total. The van der Waals surface area contributed by atoms with Gasteiger partial charge in [-0.2, -0.15) is 0 Å². The first-order chi connectivity index (χ1) is 10.3. The molecule has 0 atom stereocenters. The summed E-state index contributed by atoms with van der Waals surface area (Å²) in [6.45, 7) is 3.75. The van der Waals surface area contributed by atoms with Crippen molar-refractivity contribution in [2.75, 3.05) is 6.54 Å². The Hall–Kier alpha value is -2.07. The Bertz CT molecular complexity index is 743. The van der Waals surface area contributed by atoms with E-state index in [2.05, 4.69) is 47.1 Å². The summed E-state index contributed by atoms with van der Waals surface area (Å²) < 4.78 is 2.31. The summed E-state index contributed by atoms with van der Waals surface area (Å²) in [5.41, 5.74) is 2.53. The second-order valence-electron chi connectivity index (χ2n) is 5.08. The highest BCUT2D eigenvalue weighted by molar-refractivity contribution is 7.12. The number of amides is 1. The molecule has 108 valence electrons. The molecule has 0 unspecified atom stereocenters. The zero-order valence-corrected chi connectivity index (χ0v) is 12.8. The molecule has 0 saturated carbocycles. The van der Waals surface area contributed by atoms with Crippen LogP contribution in [-0.2, 0) is 6.54 Å². The van der Waals surface area contributed by atoms with Crippen LogP contribution in [-0.4, -0.2) is 17.0 Å². The Morgan fingerprint density at radius 2 is 2.10 bits per heavy atom. The van der Waals surface area contributed by atoms with Gasteiger partial charge in [-0.15, -0.1) is 11.3 Å². The molecule has 0 saturated heterocycles. The summed E-state index contributed by atoms with van der Waals surface area (Å²) in [6, 6.07) is 14.4. The molecule has 0 spiro atoms. The maximum atomic E-state index is 11.8. The van der Waals surface area contributed by atoms with Crippen LogP contribution >= 0.6 is 11.3 Å². The molecule has 21 heavy (non-hydrogen) atoms. The Kier molecular flexibility index (Phi) is 4.06. The van der Waals surface area contributed by atoms with Crippen LogP contribution in [0.15, 0.2) is 47.8 Å². The topological polar surface area (TPSA) is 34.0 Å². The lowest BCUT2D eigenvalue weighted by Crippen LogP contribution is -2.24. The smallest absolute Gasteiger partial charge is 0.261 e. The largest absolute Gasteiger partial charge is 0.351 e. The van der Waals surface area contributed by atoms with Gasteiger partial charge in [-0.1, -0.05) is 24.3 Å². The SMILES string of the molecule is Cc1cc2ccccc2n1CCCNC(=O)c1cccs1. The molecule has 1 N–H and O–H groups in total. The van der Waals surface area contributed by atoms with Crippen LogP contribution in [0.4, 0.5) is 0 Å². The van der Waals surface area contributed by atoms with Crippen molar-refractivity contribution < 1.29 is 4.79 Å². The first kappa shape index (κ1) is 13.9. The molecule has 0 aliphatic rings. The molecule has 2 aromatic heterocycles. The van der Waals surface area contributed by atoms with Crippen molar-refractivity contribution in [1.82, 2.24) is 9.88 Å². The number of aryl methyl sites for hydroxylation is 2. The van der Waals surface area contributed by atoms with Gasteiger partial charge in [0.1, 0.15) is 0 Å². The molecule has 3 aromatic rings. The van der Waals surface area contributed by atoms with Gasteiger partial charge in [-0.3, -0.25) is 4.79 Å². The van der Waals surface area contributed by atoms with Crippen LogP contribution in [0, 0.1) is 6.92 Å². The lowest BCUT2D eigenvalue weighted by molar-refractivity contribution is 0.0957. The van der Waals surface area contributed by atoms with E-state index in [1.807, 2.05) is 17.5 Å². The van der Waals surface area contributed by atoms with Gasteiger partial charge in [0.2, 0.25) is 0 Å². The molecular formula is C17H18N2OS. The van der Waals surface area contributed by atoms with E-state index in [9.17, 15) is 4.79 Å². The molecule has 4 heteroatoms. The van der Waals surface area contributed by atoms with Gasteiger partial charge in [0.05, 0.1) is 4.88 Å². The van der Waals surface area contributed by atoms with E-state index >= 15 is 0 Å². The van der Waals surface area contributed by atoms with Gasteiger partial charge < -0.3 is 9.88 Å². The number of hydrogen-bond acceptors (Lipinski definition) is 2. The van der Waals surface area contributed by atoms with Gasteiger partial charge >= 0.3 is 0 Å². The fraction of sp³-hybridized carbons (Fsp3) is 0.235. The van der Waals surface area contributed by atoms with Crippen LogP contribution in [0.1, 0.15) is 21.8 Å². The molecule has 0 aliphatic carbocycles. The number of rotatable bonds is 5. The van der Waals surface area contributed by atoms with E-state index in [-0.39, 0.29) is 5.91 Å². The second-order valence-corrected chi connectivity index (χ2v) is 6.03. The van der Waals surface area contributed by atoms with Crippen molar-refractivity contribution in [3.63, 3.8) is 0 Å². The van der Waals surface area contributed by atoms with Crippen molar-refractivity contribution >= 4 is 28.1 Å². The first-order valence-electron chi connectivity index (χ1n) is 7.12. The minimum atomic E-state index is 0.0269. The molecule has 1 aromatic carbocycles. The van der Waals surface area contributed by atoms with Crippen LogP contribution in [0.5, 0.6) is 0 Å². The fourth-order valence-electron chi connectivity index (χ4n) is 2.58. The number of thiophene rings is 1. The molecule has 0 radical (unpaired) electrons.